The van der Waals surface area contributed by atoms with Gasteiger partial charge in [0.15, 0.2) is 5.65 Å². The minimum atomic E-state index is 0.280. The van der Waals surface area contributed by atoms with Crippen molar-refractivity contribution < 1.29 is 0 Å². The highest BCUT2D eigenvalue weighted by Gasteiger charge is 2.19. The molecular formula is C16H21N9. The lowest BCUT2D eigenvalue weighted by molar-refractivity contribution is 0.250. The van der Waals surface area contributed by atoms with E-state index in [9.17, 15) is 0 Å². The molecule has 1 fully saturated rings. The molecule has 3 aromatic rings. The Morgan fingerprint density at radius 3 is 2.80 bits per heavy atom. The number of aromatic nitrogens is 6. The predicted molar refractivity (Wildman–Crippen MR) is 94.6 cm³/mol. The van der Waals surface area contributed by atoms with E-state index in [1.165, 1.54) is 4.63 Å². The Balaban J connectivity index is 1.29. The number of hydrogen-bond donors (Lipinski definition) is 1. The van der Waals surface area contributed by atoms with Crippen LogP contribution in [0.3, 0.4) is 0 Å². The van der Waals surface area contributed by atoms with Crippen molar-refractivity contribution in [2.75, 3.05) is 42.9 Å². The molecule has 0 aliphatic carbocycles. The standard InChI is InChI=1S/C16H21N9/c1-13(18-14-5-6-16-19-21-22-25(16)20-14)12-23-8-10-24(11-9-23)15-4-2-3-7-17-15/h2-7,13H,8-12H2,1H3,(H,18,20). The van der Waals surface area contributed by atoms with Crippen molar-refractivity contribution in [1.82, 2.24) is 35.1 Å². The van der Waals surface area contributed by atoms with Crippen LogP contribution in [-0.4, -0.2) is 73.9 Å². The van der Waals surface area contributed by atoms with Crippen molar-refractivity contribution in [2.45, 2.75) is 13.0 Å². The van der Waals surface area contributed by atoms with Crippen molar-refractivity contribution in [1.29, 1.82) is 0 Å². The molecule has 1 aliphatic rings. The van der Waals surface area contributed by atoms with Gasteiger partial charge in [-0.1, -0.05) is 6.07 Å². The third-order valence-electron chi connectivity index (χ3n) is 4.34. The van der Waals surface area contributed by atoms with E-state index < -0.39 is 0 Å². The Hall–Kier alpha value is -2.81. The van der Waals surface area contributed by atoms with Crippen LogP contribution in [0.15, 0.2) is 36.5 Å². The zero-order chi connectivity index (χ0) is 17.1. The maximum Gasteiger partial charge on any atom is 0.200 e. The van der Waals surface area contributed by atoms with Crippen LogP contribution in [0.25, 0.3) is 5.65 Å². The molecule has 1 atom stereocenters. The summed E-state index contributed by atoms with van der Waals surface area (Å²) in [6, 6.07) is 10.1. The first kappa shape index (κ1) is 15.7. The van der Waals surface area contributed by atoms with Crippen LogP contribution in [0.5, 0.6) is 0 Å². The molecule has 130 valence electrons. The van der Waals surface area contributed by atoms with Gasteiger partial charge in [-0.25, -0.2) is 4.98 Å². The minimum Gasteiger partial charge on any atom is -0.365 e. The zero-order valence-electron chi connectivity index (χ0n) is 14.2. The van der Waals surface area contributed by atoms with E-state index in [0.29, 0.717) is 5.65 Å². The summed E-state index contributed by atoms with van der Waals surface area (Å²) in [5.41, 5.74) is 0.642. The quantitative estimate of drug-likeness (QED) is 0.721. The summed E-state index contributed by atoms with van der Waals surface area (Å²) in [6.07, 6.45) is 1.85. The van der Waals surface area contributed by atoms with Crippen LogP contribution in [0.1, 0.15) is 6.92 Å². The fourth-order valence-electron chi connectivity index (χ4n) is 3.11. The molecule has 1 unspecified atom stereocenters. The first-order valence-corrected chi connectivity index (χ1v) is 8.48. The third kappa shape index (κ3) is 3.66. The number of anilines is 2. The summed E-state index contributed by atoms with van der Waals surface area (Å²) in [4.78, 5) is 9.23. The summed E-state index contributed by atoms with van der Waals surface area (Å²) in [7, 11) is 0. The average Bonchev–Trinajstić information content (AvgIpc) is 3.11. The Labute approximate surface area is 145 Å². The maximum atomic E-state index is 4.43. The number of nitrogens with one attached hydrogen (secondary N) is 1. The zero-order valence-corrected chi connectivity index (χ0v) is 14.2. The Morgan fingerprint density at radius 2 is 2.00 bits per heavy atom. The molecule has 0 aromatic carbocycles. The Morgan fingerprint density at radius 1 is 1.12 bits per heavy atom. The number of nitrogens with zero attached hydrogens (tertiary/aromatic N) is 8. The van der Waals surface area contributed by atoms with Crippen molar-refractivity contribution in [2.24, 2.45) is 0 Å². The molecule has 9 heteroatoms. The summed E-state index contributed by atoms with van der Waals surface area (Å²) in [6.45, 7) is 7.18. The summed E-state index contributed by atoms with van der Waals surface area (Å²) in [5.74, 6) is 1.84. The molecule has 0 amide bonds. The molecule has 25 heavy (non-hydrogen) atoms. The maximum absolute atomic E-state index is 4.43. The second-order valence-corrected chi connectivity index (χ2v) is 6.27. The number of hydrogen-bond acceptors (Lipinski definition) is 8. The summed E-state index contributed by atoms with van der Waals surface area (Å²) in [5, 5.41) is 19.1. The molecule has 0 spiro atoms. The molecule has 0 saturated carbocycles. The smallest absolute Gasteiger partial charge is 0.200 e. The first-order chi connectivity index (χ1) is 12.3. The first-order valence-electron chi connectivity index (χ1n) is 8.48. The van der Waals surface area contributed by atoms with Gasteiger partial charge in [0.1, 0.15) is 11.6 Å². The van der Waals surface area contributed by atoms with Crippen molar-refractivity contribution in [3.63, 3.8) is 0 Å². The molecule has 1 aliphatic heterocycles. The highest BCUT2D eigenvalue weighted by atomic mass is 15.6. The van der Waals surface area contributed by atoms with Gasteiger partial charge in [-0.15, -0.1) is 14.8 Å². The van der Waals surface area contributed by atoms with Crippen molar-refractivity contribution in [3.8, 4) is 0 Å². The van der Waals surface area contributed by atoms with E-state index in [4.69, 9.17) is 0 Å². The minimum absolute atomic E-state index is 0.280. The highest BCUT2D eigenvalue weighted by molar-refractivity contribution is 5.42. The number of pyridine rings is 1. The van der Waals surface area contributed by atoms with Gasteiger partial charge in [-0.3, -0.25) is 4.90 Å². The Bertz CT molecular complexity index is 811. The van der Waals surface area contributed by atoms with Crippen molar-refractivity contribution in [3.05, 3.63) is 36.5 Å². The van der Waals surface area contributed by atoms with Gasteiger partial charge in [-0.2, -0.15) is 0 Å². The number of tetrazole rings is 1. The largest absolute Gasteiger partial charge is 0.365 e. The van der Waals surface area contributed by atoms with Gasteiger partial charge in [0.25, 0.3) is 0 Å². The highest BCUT2D eigenvalue weighted by Crippen LogP contribution is 2.13. The molecule has 3 aromatic heterocycles. The molecule has 4 heterocycles. The fraction of sp³-hybridized carbons (Fsp3) is 0.438. The van der Waals surface area contributed by atoms with E-state index in [0.717, 1.165) is 44.4 Å². The second-order valence-electron chi connectivity index (χ2n) is 6.27. The van der Waals surface area contributed by atoms with Crippen LogP contribution in [0.4, 0.5) is 11.6 Å². The number of fused-ring (bicyclic) bond motifs is 1. The van der Waals surface area contributed by atoms with Crippen LogP contribution in [0.2, 0.25) is 0 Å². The molecule has 9 nitrogen and oxygen atoms in total. The Kier molecular flexibility index (Phi) is 4.38. The predicted octanol–water partition coefficient (Wildman–Crippen LogP) is 0.537. The van der Waals surface area contributed by atoms with E-state index in [-0.39, 0.29) is 6.04 Å². The van der Waals surface area contributed by atoms with Crippen LogP contribution in [0, 0.1) is 0 Å². The lowest BCUT2D eigenvalue weighted by Crippen LogP contribution is -2.49. The molecular weight excluding hydrogens is 318 g/mol. The molecule has 0 radical (unpaired) electrons. The molecule has 1 N–H and O–H groups in total. The SMILES string of the molecule is CC(CN1CCN(c2ccccn2)CC1)Nc1ccc2nnnn2n1. The molecule has 1 saturated heterocycles. The topological polar surface area (TPSA) is 87.4 Å². The number of rotatable bonds is 5. The lowest BCUT2D eigenvalue weighted by atomic mass is 10.2. The second kappa shape index (κ2) is 6.98. The van der Waals surface area contributed by atoms with Gasteiger partial charge >= 0.3 is 0 Å². The van der Waals surface area contributed by atoms with Crippen LogP contribution >= 0.6 is 0 Å². The van der Waals surface area contributed by atoms with E-state index >= 15 is 0 Å². The van der Waals surface area contributed by atoms with Crippen LogP contribution in [-0.2, 0) is 0 Å². The summed E-state index contributed by atoms with van der Waals surface area (Å²) >= 11 is 0. The van der Waals surface area contributed by atoms with Gasteiger partial charge in [-0.05, 0) is 41.6 Å². The third-order valence-corrected chi connectivity index (χ3v) is 4.34. The van der Waals surface area contributed by atoms with Crippen molar-refractivity contribution >= 4 is 17.3 Å². The van der Waals surface area contributed by atoms with Gasteiger partial charge in [0, 0.05) is 45.0 Å². The summed E-state index contributed by atoms with van der Waals surface area (Å²) < 4.78 is 1.43. The average molecular weight is 339 g/mol. The van der Waals surface area contributed by atoms with E-state index in [2.05, 4.69) is 53.7 Å². The number of piperazine rings is 1. The van der Waals surface area contributed by atoms with E-state index in [1.54, 1.807) is 0 Å². The van der Waals surface area contributed by atoms with Gasteiger partial charge < -0.3 is 10.2 Å². The van der Waals surface area contributed by atoms with Gasteiger partial charge in [0.05, 0.1) is 0 Å². The van der Waals surface area contributed by atoms with E-state index in [1.807, 2.05) is 30.5 Å². The van der Waals surface area contributed by atoms with Crippen LogP contribution < -0.4 is 10.2 Å². The lowest BCUT2D eigenvalue weighted by Gasteiger charge is -2.36. The normalized spacial score (nSPS) is 16.9. The molecule has 4 rings (SSSR count). The van der Waals surface area contributed by atoms with Gasteiger partial charge in [0.2, 0.25) is 0 Å². The monoisotopic (exact) mass is 339 g/mol. The molecule has 0 bridgehead atoms. The fourth-order valence-corrected chi connectivity index (χ4v) is 3.11.